The van der Waals surface area contributed by atoms with Gasteiger partial charge in [-0.25, -0.2) is 9.97 Å². The summed E-state index contributed by atoms with van der Waals surface area (Å²) in [6.07, 6.45) is 3.42. The molecule has 0 bridgehead atoms. The topological polar surface area (TPSA) is 93.8 Å². The van der Waals surface area contributed by atoms with E-state index in [2.05, 4.69) is 24.1 Å². The molecular weight excluding hydrogens is 374 g/mol. The van der Waals surface area contributed by atoms with Crippen LogP contribution in [0.25, 0.3) is 21.6 Å². The summed E-state index contributed by atoms with van der Waals surface area (Å²) in [5.41, 5.74) is 2.92. The van der Waals surface area contributed by atoms with Crippen LogP contribution in [0.15, 0.2) is 48.8 Å². The van der Waals surface area contributed by atoms with Crippen LogP contribution in [-0.2, 0) is 6.54 Å². The van der Waals surface area contributed by atoms with Crippen LogP contribution in [0.3, 0.4) is 0 Å². The Bertz CT molecular complexity index is 1170. The van der Waals surface area contributed by atoms with Gasteiger partial charge in [0.05, 0.1) is 10.3 Å². The van der Waals surface area contributed by atoms with Crippen molar-refractivity contribution in [3.05, 3.63) is 74.9 Å². The highest BCUT2D eigenvalue weighted by Crippen LogP contribution is 2.35. The van der Waals surface area contributed by atoms with E-state index in [9.17, 15) is 10.1 Å². The number of nitrogens with zero attached hydrogens (tertiary/aromatic N) is 4. The largest absolute Gasteiger partial charge is 0.365 e. The van der Waals surface area contributed by atoms with Gasteiger partial charge in [0.15, 0.2) is 5.82 Å². The molecule has 0 radical (unpaired) electrons. The first-order valence-electron chi connectivity index (χ1n) is 8.68. The molecule has 0 saturated carbocycles. The number of anilines is 1. The maximum absolute atomic E-state index is 11.0. The highest BCUT2D eigenvalue weighted by atomic mass is 32.1. The van der Waals surface area contributed by atoms with E-state index in [1.807, 2.05) is 18.2 Å². The molecular formula is C20H17N5O2S. The molecule has 3 aromatic heterocycles. The number of nitrogens with one attached hydrogen (secondary N) is 1. The van der Waals surface area contributed by atoms with Crippen molar-refractivity contribution < 1.29 is 4.92 Å². The van der Waals surface area contributed by atoms with Gasteiger partial charge in [0.2, 0.25) is 0 Å². The Labute approximate surface area is 165 Å². The molecule has 3 heterocycles. The predicted octanol–water partition coefficient (Wildman–Crippen LogP) is 4.89. The minimum atomic E-state index is -0.389. The highest BCUT2D eigenvalue weighted by molar-refractivity contribution is 7.18. The number of non-ortho nitro benzene ring substituents is 1. The molecule has 1 aromatic carbocycles. The van der Waals surface area contributed by atoms with Crippen LogP contribution in [0.4, 0.5) is 11.5 Å². The van der Waals surface area contributed by atoms with E-state index in [4.69, 9.17) is 9.97 Å². The number of hydrogen-bond acceptors (Lipinski definition) is 7. The third-order valence-corrected chi connectivity index (χ3v) is 5.65. The van der Waals surface area contributed by atoms with Gasteiger partial charge in [-0.3, -0.25) is 15.1 Å². The van der Waals surface area contributed by atoms with Gasteiger partial charge in [0, 0.05) is 41.5 Å². The summed E-state index contributed by atoms with van der Waals surface area (Å²) in [5, 5.41) is 15.4. The summed E-state index contributed by atoms with van der Waals surface area (Å²) >= 11 is 1.63. The van der Waals surface area contributed by atoms with Crippen molar-refractivity contribution in [2.75, 3.05) is 5.32 Å². The lowest BCUT2D eigenvalue weighted by Gasteiger charge is -2.10. The van der Waals surface area contributed by atoms with E-state index in [-0.39, 0.29) is 10.6 Å². The Hall–Kier alpha value is -3.39. The van der Waals surface area contributed by atoms with Gasteiger partial charge in [-0.2, -0.15) is 0 Å². The molecule has 140 valence electrons. The Morgan fingerprint density at radius 1 is 1.14 bits per heavy atom. The minimum absolute atomic E-state index is 0.0761. The minimum Gasteiger partial charge on any atom is -0.365 e. The normalized spacial score (nSPS) is 10.9. The number of fused-ring (bicyclic) bond motifs is 1. The molecule has 0 aliphatic carbocycles. The fourth-order valence-corrected chi connectivity index (χ4v) is 4.00. The van der Waals surface area contributed by atoms with Crippen molar-refractivity contribution in [3.63, 3.8) is 0 Å². The monoisotopic (exact) mass is 391 g/mol. The molecule has 0 atom stereocenters. The second-order valence-corrected chi connectivity index (χ2v) is 7.58. The molecule has 0 fully saturated rings. The van der Waals surface area contributed by atoms with Crippen LogP contribution >= 0.6 is 11.3 Å². The summed E-state index contributed by atoms with van der Waals surface area (Å²) < 4.78 is 0. The van der Waals surface area contributed by atoms with Gasteiger partial charge in [-0.1, -0.05) is 12.1 Å². The first kappa shape index (κ1) is 18.0. The first-order chi connectivity index (χ1) is 13.5. The SMILES string of the molecule is Cc1sc2nc(-c3ccncc3)nc(NCc3cccc([N+](=O)[O-])c3)c2c1C. The number of hydrogen-bond donors (Lipinski definition) is 1. The summed E-state index contributed by atoms with van der Waals surface area (Å²) in [4.78, 5) is 26.2. The fourth-order valence-electron chi connectivity index (χ4n) is 2.97. The predicted molar refractivity (Wildman–Crippen MR) is 111 cm³/mol. The number of nitro benzene ring substituents is 1. The van der Waals surface area contributed by atoms with E-state index in [1.165, 1.54) is 10.9 Å². The quantitative estimate of drug-likeness (QED) is 0.384. The molecule has 1 N–H and O–H groups in total. The van der Waals surface area contributed by atoms with E-state index >= 15 is 0 Å². The van der Waals surface area contributed by atoms with E-state index < -0.39 is 0 Å². The maximum Gasteiger partial charge on any atom is 0.269 e. The summed E-state index contributed by atoms with van der Waals surface area (Å²) in [7, 11) is 0. The highest BCUT2D eigenvalue weighted by Gasteiger charge is 2.16. The average Bonchev–Trinajstić information content (AvgIpc) is 3.01. The Balaban J connectivity index is 1.74. The zero-order valence-electron chi connectivity index (χ0n) is 15.3. The van der Waals surface area contributed by atoms with E-state index in [1.54, 1.807) is 35.9 Å². The third-order valence-electron chi connectivity index (χ3n) is 4.55. The molecule has 0 saturated heterocycles. The van der Waals surface area contributed by atoms with E-state index in [0.29, 0.717) is 12.4 Å². The average molecular weight is 391 g/mol. The van der Waals surface area contributed by atoms with Gasteiger partial charge in [0.1, 0.15) is 10.6 Å². The molecule has 8 heteroatoms. The van der Waals surface area contributed by atoms with Crippen LogP contribution in [0, 0.1) is 24.0 Å². The van der Waals surface area contributed by atoms with Crippen molar-refractivity contribution in [2.24, 2.45) is 0 Å². The number of aryl methyl sites for hydroxylation is 2. The summed E-state index contributed by atoms with van der Waals surface area (Å²) in [6, 6.07) is 10.3. The molecule has 0 amide bonds. The Kier molecular flexibility index (Phi) is 4.70. The standard InChI is InChI=1S/C20H17N5O2S/c1-12-13(2)28-20-17(12)19(23-18(24-20)15-6-8-21-9-7-15)22-11-14-4-3-5-16(10-14)25(26)27/h3-10H,11H2,1-2H3,(H,22,23,24). The molecule has 0 aliphatic heterocycles. The molecule has 0 spiro atoms. The molecule has 4 rings (SSSR count). The van der Waals surface area contributed by atoms with Gasteiger partial charge in [-0.05, 0) is 37.1 Å². The number of rotatable bonds is 5. The zero-order valence-corrected chi connectivity index (χ0v) is 16.2. The third kappa shape index (κ3) is 3.41. The van der Waals surface area contributed by atoms with Crippen molar-refractivity contribution in [1.29, 1.82) is 0 Å². The lowest BCUT2D eigenvalue weighted by atomic mass is 10.1. The number of thiophene rings is 1. The lowest BCUT2D eigenvalue weighted by Crippen LogP contribution is -2.04. The fraction of sp³-hybridized carbons (Fsp3) is 0.150. The van der Waals surface area contributed by atoms with Crippen LogP contribution < -0.4 is 5.32 Å². The molecule has 0 unspecified atom stereocenters. The maximum atomic E-state index is 11.0. The molecule has 4 aromatic rings. The lowest BCUT2D eigenvalue weighted by molar-refractivity contribution is -0.384. The Morgan fingerprint density at radius 2 is 1.93 bits per heavy atom. The van der Waals surface area contributed by atoms with Crippen LogP contribution in [-0.4, -0.2) is 19.9 Å². The smallest absolute Gasteiger partial charge is 0.269 e. The van der Waals surface area contributed by atoms with E-state index in [0.717, 1.165) is 32.7 Å². The summed E-state index contributed by atoms with van der Waals surface area (Å²) in [6.45, 7) is 4.55. The van der Waals surface area contributed by atoms with Crippen molar-refractivity contribution in [3.8, 4) is 11.4 Å². The van der Waals surface area contributed by atoms with Crippen molar-refractivity contribution in [2.45, 2.75) is 20.4 Å². The van der Waals surface area contributed by atoms with Crippen LogP contribution in [0.1, 0.15) is 16.0 Å². The number of pyridine rings is 1. The van der Waals surface area contributed by atoms with Crippen LogP contribution in [0.5, 0.6) is 0 Å². The second kappa shape index (κ2) is 7.32. The second-order valence-electron chi connectivity index (χ2n) is 6.38. The number of benzene rings is 1. The van der Waals surface area contributed by atoms with Crippen molar-refractivity contribution >= 4 is 33.1 Å². The van der Waals surface area contributed by atoms with Gasteiger partial charge in [-0.15, -0.1) is 11.3 Å². The first-order valence-corrected chi connectivity index (χ1v) is 9.50. The summed E-state index contributed by atoms with van der Waals surface area (Å²) in [5.74, 6) is 1.35. The molecule has 28 heavy (non-hydrogen) atoms. The Morgan fingerprint density at radius 3 is 2.68 bits per heavy atom. The zero-order chi connectivity index (χ0) is 19.7. The van der Waals surface area contributed by atoms with Crippen LogP contribution in [0.2, 0.25) is 0 Å². The van der Waals surface area contributed by atoms with Gasteiger partial charge < -0.3 is 5.32 Å². The van der Waals surface area contributed by atoms with Gasteiger partial charge in [0.25, 0.3) is 5.69 Å². The number of nitro groups is 1. The van der Waals surface area contributed by atoms with Crippen molar-refractivity contribution in [1.82, 2.24) is 15.0 Å². The number of aromatic nitrogens is 3. The van der Waals surface area contributed by atoms with Gasteiger partial charge >= 0.3 is 0 Å². The molecule has 7 nitrogen and oxygen atoms in total. The molecule has 0 aliphatic rings.